The molecular weight excluding hydrogens is 711 g/mol. The summed E-state index contributed by atoms with van der Waals surface area (Å²) in [4.78, 5) is 0. The highest BCUT2D eigenvalue weighted by Crippen LogP contribution is 2.58. The van der Waals surface area contributed by atoms with Crippen molar-refractivity contribution in [3.8, 4) is 66.8 Å². The summed E-state index contributed by atoms with van der Waals surface area (Å²) in [6.45, 7) is 12.0. The highest BCUT2D eigenvalue weighted by molar-refractivity contribution is 6.29. The van der Waals surface area contributed by atoms with Gasteiger partial charge in [0.05, 0.1) is 0 Å². The van der Waals surface area contributed by atoms with Crippen molar-refractivity contribution >= 4 is 48.8 Å². The van der Waals surface area contributed by atoms with E-state index >= 15 is 0 Å². The van der Waals surface area contributed by atoms with Gasteiger partial charge in [-0.25, -0.2) is 0 Å². The minimum absolute atomic E-state index is 0.774. The second kappa shape index (κ2) is 16.9. The predicted molar refractivity (Wildman–Crippen MR) is 261 cm³/mol. The fraction of sp³-hybridized carbons (Fsp3) is 0.103. The van der Waals surface area contributed by atoms with Gasteiger partial charge in [0.25, 0.3) is 0 Å². The molecule has 0 radical (unpaired) electrons. The third-order valence-corrected chi connectivity index (χ3v) is 11.3. The van der Waals surface area contributed by atoms with Gasteiger partial charge in [0, 0.05) is 5.69 Å². The Bertz CT molecular complexity index is 3010. The highest BCUT2D eigenvalue weighted by Gasteiger charge is 2.31. The first-order chi connectivity index (χ1) is 29.2. The Morgan fingerprint density at radius 1 is 0.271 bits per heavy atom. The van der Waals surface area contributed by atoms with Crippen LogP contribution in [-0.4, -0.2) is 0 Å². The molecule has 59 heavy (non-hydrogen) atoms. The molecule has 10 aromatic rings. The Morgan fingerprint density at radius 3 is 1.36 bits per heavy atom. The molecule has 1 nitrogen and oxygen atoms in total. The molecule has 1 heteroatoms. The zero-order valence-electron chi connectivity index (χ0n) is 35.0. The quantitative estimate of drug-likeness (QED) is 0.140. The third-order valence-electron chi connectivity index (χ3n) is 11.3. The lowest BCUT2D eigenvalue weighted by molar-refractivity contribution is 1.50. The lowest BCUT2D eigenvalue weighted by Crippen LogP contribution is -1.93. The molecule has 0 saturated carbocycles. The maximum Gasteiger partial charge on any atom is 0.0320 e. The molecule has 10 aromatic carbocycles. The van der Waals surface area contributed by atoms with E-state index in [0.29, 0.717) is 0 Å². The van der Waals surface area contributed by atoms with E-state index < -0.39 is 0 Å². The summed E-state index contributed by atoms with van der Waals surface area (Å²) in [6.07, 6.45) is 0. The Hall–Kier alpha value is -6.96. The van der Waals surface area contributed by atoms with E-state index in [0.717, 1.165) is 11.3 Å². The fourth-order valence-electron chi connectivity index (χ4n) is 9.08. The Kier molecular flexibility index (Phi) is 11.1. The van der Waals surface area contributed by atoms with Crippen LogP contribution < -0.4 is 5.73 Å². The lowest BCUT2D eigenvalue weighted by atomic mass is 9.82. The maximum absolute atomic E-state index is 6.24. The van der Waals surface area contributed by atoms with Crippen molar-refractivity contribution < 1.29 is 0 Å². The molecule has 0 unspecified atom stereocenters. The number of hydrogen-bond acceptors (Lipinski definition) is 1. The second-order valence-corrected chi connectivity index (χ2v) is 14.2. The van der Waals surface area contributed by atoms with Gasteiger partial charge in [-0.1, -0.05) is 205 Å². The zero-order chi connectivity index (χ0) is 41.0. The molecule has 1 aliphatic rings. The largest absolute Gasteiger partial charge is 0.399 e. The van der Waals surface area contributed by atoms with Crippen LogP contribution in [0.25, 0.3) is 110 Å². The Labute approximate surface area is 349 Å². The number of nitrogens with two attached hydrogens (primary N) is 1. The number of benzene rings is 10. The van der Waals surface area contributed by atoms with Crippen LogP contribution in [0.1, 0.15) is 41.5 Å². The van der Waals surface area contributed by atoms with E-state index in [9.17, 15) is 0 Å². The summed E-state index contributed by atoms with van der Waals surface area (Å²) >= 11 is 0. The minimum Gasteiger partial charge on any atom is -0.399 e. The van der Waals surface area contributed by atoms with Crippen LogP contribution in [0.4, 0.5) is 5.69 Å². The first-order valence-corrected chi connectivity index (χ1v) is 21.3. The summed E-state index contributed by atoms with van der Waals surface area (Å²) in [5.41, 5.74) is 22.1. The van der Waals surface area contributed by atoms with Crippen molar-refractivity contribution in [1.82, 2.24) is 0 Å². The van der Waals surface area contributed by atoms with Crippen LogP contribution in [-0.2, 0) is 0 Å². The topological polar surface area (TPSA) is 26.0 Å². The molecule has 0 amide bonds. The van der Waals surface area contributed by atoms with E-state index in [-0.39, 0.29) is 0 Å². The van der Waals surface area contributed by atoms with Gasteiger partial charge < -0.3 is 5.73 Å². The summed E-state index contributed by atoms with van der Waals surface area (Å²) in [5, 5.41) is 10.1. The molecule has 0 spiro atoms. The van der Waals surface area contributed by atoms with Gasteiger partial charge in [-0.3, -0.25) is 0 Å². The van der Waals surface area contributed by atoms with Crippen molar-refractivity contribution in [1.29, 1.82) is 0 Å². The third kappa shape index (κ3) is 6.54. The maximum atomic E-state index is 6.24. The molecule has 0 aromatic heterocycles. The van der Waals surface area contributed by atoms with Crippen molar-refractivity contribution in [2.45, 2.75) is 41.5 Å². The summed E-state index contributed by atoms with van der Waals surface area (Å²) in [7, 11) is 0. The SMILES string of the molecule is CC.CC.CC.Nc1cccc(-c2cc3ccc(-c4ccc5c6c(cccc46)-c4c-5c(-c5ccccc5)c5ccccc5c4-c4ccccc4)cc3c3ccccc23)c1. The van der Waals surface area contributed by atoms with Crippen LogP contribution >= 0.6 is 0 Å². The molecule has 0 atom stereocenters. The molecule has 0 saturated heterocycles. The van der Waals surface area contributed by atoms with Gasteiger partial charge in [0.15, 0.2) is 0 Å². The number of fused-ring (bicyclic) bond motifs is 7. The van der Waals surface area contributed by atoms with Crippen molar-refractivity contribution in [3.63, 3.8) is 0 Å². The van der Waals surface area contributed by atoms with Crippen LogP contribution in [0, 0.1) is 0 Å². The molecule has 0 fully saturated rings. The van der Waals surface area contributed by atoms with Gasteiger partial charge in [0.2, 0.25) is 0 Å². The van der Waals surface area contributed by atoms with E-state index in [4.69, 9.17) is 5.73 Å². The molecule has 2 N–H and O–H groups in total. The van der Waals surface area contributed by atoms with Gasteiger partial charge in [0.1, 0.15) is 0 Å². The van der Waals surface area contributed by atoms with Crippen molar-refractivity contribution in [2.24, 2.45) is 0 Å². The number of rotatable bonds is 4. The van der Waals surface area contributed by atoms with E-state index in [1.165, 1.54) is 104 Å². The first kappa shape index (κ1) is 38.9. The van der Waals surface area contributed by atoms with Crippen LogP contribution in [0.15, 0.2) is 188 Å². The Morgan fingerprint density at radius 2 is 0.746 bits per heavy atom. The smallest absolute Gasteiger partial charge is 0.0320 e. The van der Waals surface area contributed by atoms with Gasteiger partial charge >= 0.3 is 0 Å². The molecule has 1 aliphatic carbocycles. The Balaban J connectivity index is 0.000000774. The average Bonchev–Trinajstić information content (AvgIpc) is 3.65. The first-order valence-electron chi connectivity index (χ1n) is 21.3. The molecule has 0 bridgehead atoms. The standard InChI is InChI=1S/C52H33N.3C2H6/c53-37-18-11-17-34(29-37)46-31-36-26-25-35(30-47(36)40-20-8-7-19-39(40)46)38-27-28-45-50-41(38)23-12-24-44(50)51-48(32-13-3-1-4-14-32)42-21-9-10-22-43(42)49(52(45)51)33-15-5-2-6-16-33;3*1-2/h1-31H,53H2;3*1-2H3. The summed E-state index contributed by atoms with van der Waals surface area (Å²) < 4.78 is 0. The summed E-state index contributed by atoms with van der Waals surface area (Å²) in [5.74, 6) is 0. The second-order valence-electron chi connectivity index (χ2n) is 14.2. The van der Waals surface area contributed by atoms with Crippen LogP contribution in [0.5, 0.6) is 0 Å². The van der Waals surface area contributed by atoms with Crippen LogP contribution in [0.3, 0.4) is 0 Å². The van der Waals surface area contributed by atoms with E-state index in [1.54, 1.807) is 0 Å². The van der Waals surface area contributed by atoms with Gasteiger partial charge in [-0.05, 0) is 134 Å². The van der Waals surface area contributed by atoms with Gasteiger partial charge in [-0.2, -0.15) is 0 Å². The molecule has 11 rings (SSSR count). The number of hydrogen-bond donors (Lipinski definition) is 1. The monoisotopic (exact) mass is 761 g/mol. The molecular formula is C58H51N. The normalized spacial score (nSPS) is 10.9. The van der Waals surface area contributed by atoms with E-state index in [1.807, 2.05) is 53.7 Å². The van der Waals surface area contributed by atoms with Crippen LogP contribution in [0.2, 0.25) is 0 Å². The molecule has 0 heterocycles. The summed E-state index contributed by atoms with van der Waals surface area (Å²) in [6, 6.07) is 68.8. The number of nitrogen functional groups attached to an aromatic ring is 1. The van der Waals surface area contributed by atoms with Crippen molar-refractivity contribution in [2.75, 3.05) is 5.73 Å². The van der Waals surface area contributed by atoms with E-state index in [2.05, 4.69) is 176 Å². The number of anilines is 1. The van der Waals surface area contributed by atoms with Crippen molar-refractivity contribution in [3.05, 3.63) is 188 Å². The average molecular weight is 762 g/mol. The zero-order valence-corrected chi connectivity index (χ0v) is 35.0. The predicted octanol–water partition coefficient (Wildman–Crippen LogP) is 17.3. The lowest BCUT2D eigenvalue weighted by Gasteiger charge is -2.20. The minimum atomic E-state index is 0.774. The van der Waals surface area contributed by atoms with Gasteiger partial charge in [-0.15, -0.1) is 0 Å². The molecule has 288 valence electrons. The fourth-order valence-corrected chi connectivity index (χ4v) is 9.08. The highest BCUT2D eigenvalue weighted by atomic mass is 14.5. The molecule has 0 aliphatic heterocycles.